The van der Waals surface area contributed by atoms with Crippen molar-refractivity contribution < 1.29 is 18.3 Å². The van der Waals surface area contributed by atoms with E-state index in [4.69, 9.17) is 4.74 Å². The van der Waals surface area contributed by atoms with Crippen molar-refractivity contribution in [1.82, 2.24) is 19.4 Å². The summed E-state index contributed by atoms with van der Waals surface area (Å²) in [6.45, 7) is 3.15. The lowest BCUT2D eigenvalue weighted by atomic mass is 9.77. The summed E-state index contributed by atoms with van der Waals surface area (Å²) < 4.78 is 35.2. The van der Waals surface area contributed by atoms with E-state index in [0.29, 0.717) is 24.9 Å². The Morgan fingerprint density at radius 3 is 2.58 bits per heavy atom. The molecule has 2 fully saturated rings. The number of aryl methyl sites for hydroxylation is 1. The van der Waals surface area contributed by atoms with Gasteiger partial charge < -0.3 is 19.5 Å². The number of carbonyl (C=O) groups excluding carboxylic acids is 1. The minimum Gasteiger partial charge on any atom is -0.472 e. The lowest BCUT2D eigenvalue weighted by molar-refractivity contribution is 0.0504. The molecule has 1 aliphatic heterocycles. The number of hydrogen-bond donors (Lipinski definition) is 1. The normalized spacial score (nSPS) is 24.4. The molecule has 0 bridgehead atoms. The van der Waals surface area contributed by atoms with Crippen molar-refractivity contribution in [3.05, 3.63) is 72.4 Å². The monoisotopic (exact) mass is 453 g/mol. The van der Waals surface area contributed by atoms with Gasteiger partial charge in [-0.15, -0.1) is 0 Å². The topological polar surface area (TPSA) is 72.3 Å². The molecule has 5 rings (SSSR count). The van der Waals surface area contributed by atoms with Gasteiger partial charge in [0.05, 0.1) is 6.04 Å². The van der Waals surface area contributed by atoms with Crippen LogP contribution in [0.1, 0.15) is 24.7 Å². The summed E-state index contributed by atoms with van der Waals surface area (Å²) in [5.41, 5.74) is 0.233. The third-order valence-electron chi connectivity index (χ3n) is 6.67. The van der Waals surface area contributed by atoms with Crippen LogP contribution in [0.15, 0.2) is 55.0 Å². The first-order chi connectivity index (χ1) is 16.0. The summed E-state index contributed by atoms with van der Waals surface area (Å²) in [6.07, 6.45) is 6.97. The molecule has 0 unspecified atom stereocenters. The van der Waals surface area contributed by atoms with E-state index in [-0.39, 0.29) is 29.8 Å². The van der Waals surface area contributed by atoms with E-state index in [1.54, 1.807) is 17.3 Å². The van der Waals surface area contributed by atoms with Crippen LogP contribution in [-0.2, 0) is 0 Å². The number of pyridine rings is 1. The number of nitrogens with zero attached hydrogens (tertiary/aromatic N) is 4. The SMILES string of the molecule is Cc1nccn1[C@H]1C[C@H]2CN(C(=O)Nc3ccc(F)c(F)c3)C[C@H]2C[C@@H]1Oc1ccccn1. The molecule has 33 heavy (non-hydrogen) atoms. The Kier molecular flexibility index (Phi) is 5.70. The second-order valence-electron chi connectivity index (χ2n) is 8.73. The molecule has 2 aliphatic rings. The number of hydrogen-bond acceptors (Lipinski definition) is 4. The largest absolute Gasteiger partial charge is 0.472 e. The zero-order chi connectivity index (χ0) is 22.9. The second kappa shape index (κ2) is 8.80. The smallest absolute Gasteiger partial charge is 0.321 e. The van der Waals surface area contributed by atoms with Crippen molar-refractivity contribution in [2.75, 3.05) is 18.4 Å². The van der Waals surface area contributed by atoms with Crippen molar-refractivity contribution >= 4 is 11.7 Å². The number of aromatic nitrogens is 3. The Hall–Kier alpha value is -3.49. The molecule has 1 saturated heterocycles. The molecule has 1 N–H and O–H groups in total. The van der Waals surface area contributed by atoms with Crippen molar-refractivity contribution in [3.8, 4) is 5.88 Å². The number of fused-ring (bicyclic) bond motifs is 1. The Morgan fingerprint density at radius 1 is 1.06 bits per heavy atom. The summed E-state index contributed by atoms with van der Waals surface area (Å²) >= 11 is 0. The van der Waals surface area contributed by atoms with E-state index in [1.807, 2.05) is 31.3 Å². The van der Waals surface area contributed by atoms with Gasteiger partial charge >= 0.3 is 6.03 Å². The number of anilines is 1. The number of amides is 2. The molecule has 3 heterocycles. The van der Waals surface area contributed by atoms with Crippen LogP contribution in [0.5, 0.6) is 5.88 Å². The van der Waals surface area contributed by atoms with Crippen LogP contribution in [0.4, 0.5) is 19.3 Å². The van der Waals surface area contributed by atoms with Crippen LogP contribution in [0.2, 0.25) is 0 Å². The third kappa shape index (κ3) is 4.40. The molecule has 9 heteroatoms. The molecule has 2 aromatic heterocycles. The first kappa shape index (κ1) is 21.4. The number of imidazole rings is 1. The van der Waals surface area contributed by atoms with Crippen molar-refractivity contribution in [2.24, 2.45) is 11.8 Å². The number of nitrogens with one attached hydrogen (secondary N) is 1. The zero-order valence-electron chi connectivity index (χ0n) is 18.2. The number of rotatable bonds is 4. The van der Waals surface area contributed by atoms with Gasteiger partial charge in [-0.2, -0.15) is 0 Å². The average Bonchev–Trinajstić information content (AvgIpc) is 3.42. The van der Waals surface area contributed by atoms with Crippen LogP contribution < -0.4 is 10.1 Å². The lowest BCUT2D eigenvalue weighted by Crippen LogP contribution is -2.40. The summed E-state index contributed by atoms with van der Waals surface area (Å²) in [7, 11) is 0. The van der Waals surface area contributed by atoms with Gasteiger partial charge in [-0.25, -0.2) is 23.5 Å². The van der Waals surface area contributed by atoms with Gasteiger partial charge in [0.15, 0.2) is 11.6 Å². The highest BCUT2D eigenvalue weighted by Gasteiger charge is 2.45. The fourth-order valence-electron chi connectivity index (χ4n) is 5.06. The second-order valence-corrected chi connectivity index (χ2v) is 8.73. The van der Waals surface area contributed by atoms with Crippen LogP contribution in [0.25, 0.3) is 0 Å². The average molecular weight is 453 g/mol. The minimum atomic E-state index is -0.990. The molecule has 1 aromatic carbocycles. The first-order valence-corrected chi connectivity index (χ1v) is 11.1. The maximum Gasteiger partial charge on any atom is 0.321 e. The number of carbonyl (C=O) groups is 1. The number of likely N-dealkylation sites (tertiary alicyclic amines) is 1. The van der Waals surface area contributed by atoms with Gasteiger partial charge in [-0.05, 0) is 49.8 Å². The maximum absolute atomic E-state index is 13.5. The summed E-state index contributed by atoms with van der Waals surface area (Å²) in [6, 6.07) is 8.70. The van der Waals surface area contributed by atoms with E-state index in [1.165, 1.54) is 6.07 Å². The van der Waals surface area contributed by atoms with E-state index < -0.39 is 11.6 Å². The maximum atomic E-state index is 13.5. The zero-order valence-corrected chi connectivity index (χ0v) is 18.2. The molecular formula is C24H25F2N5O2. The van der Waals surface area contributed by atoms with Gasteiger partial charge in [0.25, 0.3) is 0 Å². The van der Waals surface area contributed by atoms with E-state index in [2.05, 4.69) is 19.9 Å². The number of ether oxygens (including phenoxy) is 1. The van der Waals surface area contributed by atoms with Crippen LogP contribution in [0.3, 0.4) is 0 Å². The van der Waals surface area contributed by atoms with Crippen molar-refractivity contribution in [1.29, 1.82) is 0 Å². The Labute approximate surface area is 190 Å². The molecular weight excluding hydrogens is 428 g/mol. The predicted octanol–water partition coefficient (Wildman–Crippen LogP) is 4.43. The van der Waals surface area contributed by atoms with Gasteiger partial charge in [0, 0.05) is 49.5 Å². The predicted molar refractivity (Wildman–Crippen MR) is 118 cm³/mol. The van der Waals surface area contributed by atoms with Crippen LogP contribution >= 0.6 is 0 Å². The Balaban J connectivity index is 1.32. The number of urea groups is 1. The standard InChI is InChI=1S/C24H25F2N5O2/c1-15-27-8-9-31(15)21-10-16-13-30(24(32)29-18-5-6-19(25)20(26)12-18)14-17(16)11-22(21)33-23-4-2-3-7-28-23/h2-9,12,16-17,21-22H,10-11,13-14H2,1H3,(H,29,32)/t16-,17+,21-,22-/m0/s1. The fraction of sp³-hybridized carbons (Fsp3) is 0.375. The Morgan fingerprint density at radius 2 is 1.88 bits per heavy atom. The molecule has 0 spiro atoms. The van der Waals surface area contributed by atoms with Gasteiger partial charge in [0.2, 0.25) is 5.88 Å². The van der Waals surface area contributed by atoms with E-state index >= 15 is 0 Å². The summed E-state index contributed by atoms with van der Waals surface area (Å²) in [5.74, 6) is 0.134. The van der Waals surface area contributed by atoms with E-state index in [0.717, 1.165) is 30.8 Å². The molecule has 0 radical (unpaired) electrons. The first-order valence-electron chi connectivity index (χ1n) is 11.1. The highest BCUT2D eigenvalue weighted by molar-refractivity contribution is 5.89. The van der Waals surface area contributed by atoms with Gasteiger partial charge in [-0.3, -0.25) is 0 Å². The molecule has 4 atom stereocenters. The van der Waals surface area contributed by atoms with Gasteiger partial charge in [-0.1, -0.05) is 6.07 Å². The van der Waals surface area contributed by atoms with Crippen LogP contribution in [0, 0.1) is 30.4 Å². The Bertz CT molecular complexity index is 1140. The summed E-state index contributed by atoms with van der Waals surface area (Å²) in [5, 5.41) is 2.68. The highest BCUT2D eigenvalue weighted by atomic mass is 19.2. The van der Waals surface area contributed by atoms with E-state index in [9.17, 15) is 13.6 Å². The number of halogens is 2. The molecule has 7 nitrogen and oxygen atoms in total. The molecule has 172 valence electrons. The molecule has 1 saturated carbocycles. The molecule has 1 aliphatic carbocycles. The minimum absolute atomic E-state index is 0.0740. The fourth-order valence-corrected chi connectivity index (χ4v) is 5.06. The number of benzene rings is 1. The lowest BCUT2D eigenvalue weighted by Gasteiger charge is -2.38. The van der Waals surface area contributed by atoms with Crippen molar-refractivity contribution in [2.45, 2.75) is 31.9 Å². The van der Waals surface area contributed by atoms with Gasteiger partial charge in [0.1, 0.15) is 11.9 Å². The van der Waals surface area contributed by atoms with Crippen molar-refractivity contribution in [3.63, 3.8) is 0 Å². The third-order valence-corrected chi connectivity index (χ3v) is 6.67. The van der Waals surface area contributed by atoms with Crippen LogP contribution in [-0.4, -0.2) is 44.7 Å². The molecule has 2 amide bonds. The molecule has 3 aromatic rings. The summed E-state index contributed by atoms with van der Waals surface area (Å²) in [4.78, 5) is 23.3. The quantitative estimate of drug-likeness (QED) is 0.635. The highest BCUT2D eigenvalue weighted by Crippen LogP contribution is 2.43.